The van der Waals surface area contributed by atoms with Crippen LogP contribution in [0, 0.1) is 17.6 Å². The van der Waals surface area contributed by atoms with Crippen molar-refractivity contribution in [3.05, 3.63) is 71.3 Å². The van der Waals surface area contributed by atoms with Gasteiger partial charge in [-0.25, -0.2) is 8.78 Å². The number of nitrogens with zero attached hydrogens (tertiary/aromatic N) is 1. The molecule has 0 N–H and O–H groups in total. The maximum Gasteiger partial charge on any atom is 0.253 e. The minimum atomic E-state index is -0.467. The molecule has 0 aromatic heterocycles. The molecule has 1 amide bonds. The van der Waals surface area contributed by atoms with Crippen molar-refractivity contribution in [3.63, 3.8) is 0 Å². The molecule has 2 aromatic carbocycles. The highest BCUT2D eigenvalue weighted by atomic mass is 19.1. The Bertz CT molecular complexity index is 712. The van der Waals surface area contributed by atoms with Crippen LogP contribution < -0.4 is 0 Å². The molecule has 1 aliphatic heterocycles. The van der Waals surface area contributed by atoms with Crippen LogP contribution in [0.15, 0.2) is 48.5 Å². The lowest BCUT2D eigenvalue weighted by atomic mass is 9.89. The van der Waals surface area contributed by atoms with Crippen LogP contribution in [0.3, 0.4) is 0 Å². The van der Waals surface area contributed by atoms with E-state index >= 15 is 0 Å². The summed E-state index contributed by atoms with van der Waals surface area (Å²) in [4.78, 5) is 26.6. The highest BCUT2D eigenvalue weighted by Crippen LogP contribution is 2.23. The van der Waals surface area contributed by atoms with Gasteiger partial charge < -0.3 is 4.90 Å². The minimum absolute atomic E-state index is 0.161. The molecule has 1 saturated heterocycles. The molecule has 0 bridgehead atoms. The number of halogens is 2. The number of carbonyl (C=O) groups excluding carboxylic acids is 2. The first-order valence-electron chi connectivity index (χ1n) is 7.89. The molecule has 1 atom stereocenters. The van der Waals surface area contributed by atoms with E-state index in [0.717, 1.165) is 0 Å². The average molecular weight is 329 g/mol. The first kappa shape index (κ1) is 16.3. The minimum Gasteiger partial charge on any atom is -0.338 e. The van der Waals surface area contributed by atoms with Crippen molar-refractivity contribution < 1.29 is 18.4 Å². The molecule has 1 fully saturated rings. The molecule has 3 nitrogen and oxygen atoms in total. The molecule has 3 rings (SSSR count). The monoisotopic (exact) mass is 329 g/mol. The summed E-state index contributed by atoms with van der Waals surface area (Å²) in [6.45, 7) is 0.799. The molecule has 1 aliphatic rings. The van der Waals surface area contributed by atoms with Crippen molar-refractivity contribution in [2.24, 2.45) is 5.92 Å². The molecule has 24 heavy (non-hydrogen) atoms. The molecule has 0 saturated carbocycles. The van der Waals surface area contributed by atoms with Crippen LogP contribution in [0.1, 0.15) is 33.6 Å². The summed E-state index contributed by atoms with van der Waals surface area (Å²) in [6.07, 6.45) is 1.34. The number of benzene rings is 2. The number of rotatable bonds is 3. The van der Waals surface area contributed by atoms with Gasteiger partial charge in [0.05, 0.1) is 0 Å². The van der Waals surface area contributed by atoms with E-state index in [1.807, 2.05) is 0 Å². The topological polar surface area (TPSA) is 37.4 Å². The van der Waals surface area contributed by atoms with E-state index in [2.05, 4.69) is 0 Å². The predicted octanol–water partition coefficient (Wildman–Crippen LogP) is 3.70. The summed E-state index contributed by atoms with van der Waals surface area (Å²) in [6, 6.07) is 11.1. The number of likely N-dealkylation sites (tertiary alicyclic amines) is 1. The third kappa shape index (κ3) is 3.50. The number of Topliss-reactive ketones (excluding diaryl/α,β-unsaturated/α-hetero) is 1. The lowest BCUT2D eigenvalue weighted by Gasteiger charge is -2.32. The summed E-state index contributed by atoms with van der Waals surface area (Å²) in [5.41, 5.74) is 0.592. The third-order valence-corrected chi connectivity index (χ3v) is 4.26. The quantitative estimate of drug-likeness (QED) is 0.805. The lowest BCUT2D eigenvalue weighted by molar-refractivity contribution is 0.0636. The van der Waals surface area contributed by atoms with E-state index in [1.54, 1.807) is 17.0 Å². The number of ketones is 1. The van der Waals surface area contributed by atoms with Crippen LogP contribution in [0.4, 0.5) is 8.78 Å². The van der Waals surface area contributed by atoms with Crippen molar-refractivity contribution in [1.82, 2.24) is 4.90 Å². The fourth-order valence-electron chi connectivity index (χ4n) is 3.06. The summed E-state index contributed by atoms with van der Waals surface area (Å²) in [5.74, 6) is -1.73. The molecule has 2 aromatic rings. The predicted molar refractivity (Wildman–Crippen MR) is 85.8 cm³/mol. The second-order valence-electron chi connectivity index (χ2n) is 5.98. The molecule has 124 valence electrons. The van der Waals surface area contributed by atoms with Crippen LogP contribution in [-0.4, -0.2) is 29.7 Å². The van der Waals surface area contributed by atoms with E-state index in [0.29, 0.717) is 24.9 Å². The van der Waals surface area contributed by atoms with Crippen molar-refractivity contribution >= 4 is 11.7 Å². The Morgan fingerprint density at radius 2 is 1.58 bits per heavy atom. The average Bonchev–Trinajstić information content (AvgIpc) is 2.60. The lowest BCUT2D eigenvalue weighted by Crippen LogP contribution is -2.42. The van der Waals surface area contributed by atoms with Gasteiger partial charge in [0, 0.05) is 30.1 Å². The fraction of sp³-hybridized carbons (Fsp3) is 0.263. The standard InChI is InChI=1S/C19H17F2NO2/c20-16-7-1-4-13(10-16)18(23)15-6-3-9-22(12-15)19(24)14-5-2-8-17(21)11-14/h1-2,4-5,7-8,10-11,15H,3,6,9,12H2. The molecular formula is C19H17F2NO2. The van der Waals surface area contributed by atoms with E-state index in [4.69, 9.17) is 0 Å². The van der Waals surface area contributed by atoms with Crippen molar-refractivity contribution in [3.8, 4) is 0 Å². The largest absolute Gasteiger partial charge is 0.338 e. The zero-order valence-corrected chi connectivity index (χ0v) is 13.0. The van der Waals surface area contributed by atoms with Gasteiger partial charge in [0.2, 0.25) is 0 Å². The highest BCUT2D eigenvalue weighted by Gasteiger charge is 2.29. The Balaban J connectivity index is 1.74. The first-order chi connectivity index (χ1) is 11.5. The zero-order chi connectivity index (χ0) is 17.1. The van der Waals surface area contributed by atoms with Gasteiger partial charge in [-0.05, 0) is 43.2 Å². The van der Waals surface area contributed by atoms with Crippen LogP contribution in [0.2, 0.25) is 0 Å². The Morgan fingerprint density at radius 1 is 0.958 bits per heavy atom. The number of hydrogen-bond donors (Lipinski definition) is 0. The molecule has 0 radical (unpaired) electrons. The van der Waals surface area contributed by atoms with Gasteiger partial charge in [0.25, 0.3) is 5.91 Å². The number of hydrogen-bond acceptors (Lipinski definition) is 2. The van der Waals surface area contributed by atoms with Crippen molar-refractivity contribution in [1.29, 1.82) is 0 Å². The molecule has 5 heteroatoms. The number of piperidine rings is 1. The van der Waals surface area contributed by atoms with Gasteiger partial charge in [-0.3, -0.25) is 9.59 Å². The Labute approximate surface area is 138 Å². The zero-order valence-electron chi connectivity index (χ0n) is 13.0. The second kappa shape index (κ2) is 6.91. The Morgan fingerprint density at radius 3 is 2.25 bits per heavy atom. The van der Waals surface area contributed by atoms with Crippen LogP contribution in [-0.2, 0) is 0 Å². The maximum atomic E-state index is 13.3. The molecule has 1 heterocycles. The molecule has 1 unspecified atom stereocenters. The fourth-order valence-corrected chi connectivity index (χ4v) is 3.06. The van der Waals surface area contributed by atoms with E-state index in [1.165, 1.54) is 36.4 Å². The second-order valence-corrected chi connectivity index (χ2v) is 5.98. The summed E-state index contributed by atoms with van der Waals surface area (Å²) in [5, 5.41) is 0. The molecule has 0 spiro atoms. The Hall–Kier alpha value is -2.56. The van der Waals surface area contributed by atoms with Gasteiger partial charge >= 0.3 is 0 Å². The summed E-state index contributed by atoms with van der Waals surface area (Å²) in [7, 11) is 0. The normalized spacial score (nSPS) is 17.6. The molecule has 0 aliphatic carbocycles. The SMILES string of the molecule is O=C(c1cccc(F)c1)C1CCCN(C(=O)c2cccc(F)c2)C1. The van der Waals surface area contributed by atoms with Gasteiger partial charge in [0.1, 0.15) is 11.6 Å². The van der Waals surface area contributed by atoms with Gasteiger partial charge in [-0.1, -0.05) is 18.2 Å². The molecular weight excluding hydrogens is 312 g/mol. The first-order valence-corrected chi connectivity index (χ1v) is 7.89. The number of carbonyl (C=O) groups is 2. The van der Waals surface area contributed by atoms with E-state index in [-0.39, 0.29) is 29.7 Å². The van der Waals surface area contributed by atoms with Crippen molar-refractivity contribution in [2.45, 2.75) is 12.8 Å². The van der Waals surface area contributed by atoms with Gasteiger partial charge in [-0.2, -0.15) is 0 Å². The van der Waals surface area contributed by atoms with E-state index in [9.17, 15) is 18.4 Å². The summed E-state index contributed by atoms with van der Waals surface area (Å²) < 4.78 is 26.6. The Kier molecular flexibility index (Phi) is 4.69. The third-order valence-electron chi connectivity index (χ3n) is 4.26. The smallest absolute Gasteiger partial charge is 0.253 e. The van der Waals surface area contributed by atoms with Gasteiger partial charge in [0.15, 0.2) is 5.78 Å². The summed E-state index contributed by atoms with van der Waals surface area (Å²) >= 11 is 0. The highest BCUT2D eigenvalue weighted by molar-refractivity contribution is 5.99. The van der Waals surface area contributed by atoms with Crippen LogP contribution in [0.5, 0.6) is 0 Å². The van der Waals surface area contributed by atoms with E-state index < -0.39 is 11.6 Å². The number of amides is 1. The van der Waals surface area contributed by atoms with Crippen molar-refractivity contribution in [2.75, 3.05) is 13.1 Å². The maximum absolute atomic E-state index is 13.3. The van der Waals surface area contributed by atoms with Gasteiger partial charge in [-0.15, -0.1) is 0 Å². The van der Waals surface area contributed by atoms with Crippen LogP contribution in [0.25, 0.3) is 0 Å². The van der Waals surface area contributed by atoms with Crippen LogP contribution >= 0.6 is 0 Å².